The molecule has 0 unspecified atom stereocenters. The van der Waals surface area contributed by atoms with Gasteiger partial charge in [0.2, 0.25) is 0 Å². The Kier molecular flexibility index (Phi) is 4.93. The zero-order valence-electron chi connectivity index (χ0n) is 15.2. The fourth-order valence-corrected chi connectivity index (χ4v) is 4.06. The lowest BCUT2D eigenvalue weighted by atomic mass is 10.1. The highest BCUT2D eigenvalue weighted by Crippen LogP contribution is 2.27. The van der Waals surface area contributed by atoms with E-state index in [0.29, 0.717) is 43.2 Å². The summed E-state index contributed by atoms with van der Waals surface area (Å²) < 4.78 is 5.34. The Labute approximate surface area is 164 Å². The average molecular weight is 398 g/mol. The molecule has 8 nitrogen and oxygen atoms in total. The number of nitro groups is 1. The van der Waals surface area contributed by atoms with Crippen LogP contribution in [0.5, 0.6) is 5.75 Å². The number of rotatable bonds is 5. The summed E-state index contributed by atoms with van der Waals surface area (Å²) in [4.78, 5) is 33.8. The number of nitrogens with one attached hydrogen (secondary N) is 1. The summed E-state index contributed by atoms with van der Waals surface area (Å²) in [5.41, 5.74) is 2.07. The van der Waals surface area contributed by atoms with Gasteiger partial charge in [0.1, 0.15) is 5.75 Å². The number of ether oxygens (including phenoxy) is 1. The number of H-pyrrole nitrogens is 1. The molecule has 1 N–H and O–H groups in total. The highest BCUT2D eigenvalue weighted by atomic mass is 32.1. The van der Waals surface area contributed by atoms with Gasteiger partial charge in [-0.25, -0.2) is 4.98 Å². The number of hydrogen-bond acceptors (Lipinski definition) is 7. The molecule has 144 valence electrons. The van der Waals surface area contributed by atoms with Crippen LogP contribution < -0.4 is 10.3 Å². The van der Waals surface area contributed by atoms with E-state index in [9.17, 15) is 14.9 Å². The molecule has 0 atom stereocenters. The summed E-state index contributed by atoms with van der Waals surface area (Å²) in [6, 6.07) is 8.41. The van der Waals surface area contributed by atoms with Crippen LogP contribution in [0.4, 0.5) is 5.69 Å². The van der Waals surface area contributed by atoms with E-state index >= 15 is 0 Å². The summed E-state index contributed by atoms with van der Waals surface area (Å²) in [6.07, 6.45) is 0.648. The van der Waals surface area contributed by atoms with Gasteiger partial charge < -0.3 is 9.72 Å². The summed E-state index contributed by atoms with van der Waals surface area (Å²) >= 11 is 1.53. The van der Waals surface area contributed by atoms with Crippen LogP contribution >= 0.6 is 11.3 Å². The summed E-state index contributed by atoms with van der Waals surface area (Å²) in [7, 11) is 1.54. The molecule has 3 heterocycles. The Hall–Kier alpha value is -3.04. The van der Waals surface area contributed by atoms with E-state index in [2.05, 4.69) is 14.9 Å². The monoisotopic (exact) mass is 398 g/mol. The molecular weight excluding hydrogens is 380 g/mol. The lowest BCUT2D eigenvalue weighted by Gasteiger charge is -2.28. The second-order valence-corrected chi connectivity index (χ2v) is 7.48. The maximum atomic E-state index is 12.6. The van der Waals surface area contributed by atoms with Gasteiger partial charge in [0, 0.05) is 43.8 Å². The van der Waals surface area contributed by atoms with Crippen molar-refractivity contribution in [2.24, 2.45) is 0 Å². The fourth-order valence-electron chi connectivity index (χ4n) is 3.39. The normalized spacial score (nSPS) is 13.9. The van der Waals surface area contributed by atoms with Crippen molar-refractivity contribution in [1.82, 2.24) is 14.9 Å². The van der Waals surface area contributed by atoms with Crippen LogP contribution in [0.25, 0.3) is 10.7 Å². The molecule has 1 aliphatic rings. The minimum absolute atomic E-state index is 0.0216. The maximum absolute atomic E-state index is 12.6. The Balaban J connectivity index is 1.59. The first-order valence-corrected chi connectivity index (χ1v) is 9.62. The standard InChI is InChI=1S/C19H18N4O4S/c1-27-16-5-4-13(23(25)26)9-12(16)10-22-7-6-15-14(11-22)19(24)21-18(20-15)17-3-2-8-28-17/h2-5,8-9H,6-7,10-11H2,1H3,(H,20,21,24). The second kappa shape index (κ2) is 7.53. The van der Waals surface area contributed by atoms with Gasteiger partial charge >= 0.3 is 0 Å². The van der Waals surface area contributed by atoms with E-state index in [4.69, 9.17) is 4.74 Å². The van der Waals surface area contributed by atoms with Crippen molar-refractivity contribution < 1.29 is 9.66 Å². The molecule has 0 fully saturated rings. The molecule has 0 amide bonds. The molecule has 3 aromatic rings. The highest BCUT2D eigenvalue weighted by molar-refractivity contribution is 7.13. The van der Waals surface area contributed by atoms with Crippen molar-refractivity contribution in [3.05, 3.63) is 73.0 Å². The molecule has 0 saturated heterocycles. The molecular formula is C19H18N4O4S. The Morgan fingerprint density at radius 1 is 1.39 bits per heavy atom. The lowest BCUT2D eigenvalue weighted by Crippen LogP contribution is -2.35. The van der Waals surface area contributed by atoms with Crippen LogP contribution in [0.2, 0.25) is 0 Å². The highest BCUT2D eigenvalue weighted by Gasteiger charge is 2.23. The van der Waals surface area contributed by atoms with Crippen LogP contribution in [0.3, 0.4) is 0 Å². The molecule has 0 radical (unpaired) electrons. The van der Waals surface area contributed by atoms with Crippen molar-refractivity contribution in [2.75, 3.05) is 13.7 Å². The van der Waals surface area contributed by atoms with Gasteiger partial charge in [0.15, 0.2) is 5.82 Å². The molecule has 1 aromatic carbocycles. The van der Waals surface area contributed by atoms with E-state index in [0.717, 1.165) is 16.1 Å². The Morgan fingerprint density at radius 2 is 2.25 bits per heavy atom. The predicted octanol–water partition coefficient (Wildman–Crippen LogP) is 2.97. The van der Waals surface area contributed by atoms with E-state index in [1.54, 1.807) is 6.07 Å². The van der Waals surface area contributed by atoms with Gasteiger partial charge in [-0.05, 0) is 17.5 Å². The molecule has 4 rings (SSSR count). The van der Waals surface area contributed by atoms with Crippen molar-refractivity contribution in [3.8, 4) is 16.5 Å². The van der Waals surface area contributed by atoms with Gasteiger partial charge in [-0.1, -0.05) is 6.07 Å². The number of nitro benzene ring substituents is 1. The zero-order chi connectivity index (χ0) is 19.7. The molecule has 9 heteroatoms. The fraction of sp³-hybridized carbons (Fsp3) is 0.263. The SMILES string of the molecule is COc1ccc([N+](=O)[O-])cc1CN1CCc2nc(-c3cccs3)[nH]c(=O)c2C1. The third kappa shape index (κ3) is 3.54. The Morgan fingerprint density at radius 3 is 2.96 bits per heavy atom. The first kappa shape index (κ1) is 18.3. The molecule has 0 spiro atoms. The largest absolute Gasteiger partial charge is 0.496 e. The van der Waals surface area contributed by atoms with Crippen molar-refractivity contribution in [3.63, 3.8) is 0 Å². The van der Waals surface area contributed by atoms with Gasteiger partial charge in [0.05, 0.1) is 28.2 Å². The first-order chi connectivity index (χ1) is 13.5. The summed E-state index contributed by atoms with van der Waals surface area (Å²) in [5.74, 6) is 1.20. The van der Waals surface area contributed by atoms with Crippen LogP contribution in [0, 0.1) is 10.1 Å². The number of benzene rings is 1. The minimum atomic E-state index is -0.421. The maximum Gasteiger partial charge on any atom is 0.270 e. The number of aromatic amines is 1. The van der Waals surface area contributed by atoms with Crippen molar-refractivity contribution in [2.45, 2.75) is 19.5 Å². The van der Waals surface area contributed by atoms with Crippen LogP contribution in [0.1, 0.15) is 16.8 Å². The summed E-state index contributed by atoms with van der Waals surface area (Å²) in [5, 5.41) is 13.0. The average Bonchev–Trinajstić information content (AvgIpc) is 3.23. The third-order valence-corrected chi connectivity index (χ3v) is 5.65. The van der Waals surface area contributed by atoms with Gasteiger partial charge in [-0.3, -0.25) is 19.8 Å². The van der Waals surface area contributed by atoms with E-state index < -0.39 is 4.92 Å². The first-order valence-electron chi connectivity index (χ1n) is 8.75. The lowest BCUT2D eigenvalue weighted by molar-refractivity contribution is -0.385. The van der Waals surface area contributed by atoms with Gasteiger partial charge in [-0.2, -0.15) is 0 Å². The summed E-state index contributed by atoms with van der Waals surface area (Å²) in [6.45, 7) is 1.60. The smallest absolute Gasteiger partial charge is 0.270 e. The molecule has 0 saturated carbocycles. The Bertz CT molecular complexity index is 1080. The quantitative estimate of drug-likeness (QED) is 0.524. The molecule has 1 aliphatic heterocycles. The van der Waals surface area contributed by atoms with E-state index in [1.165, 1.54) is 30.6 Å². The number of thiophene rings is 1. The van der Waals surface area contributed by atoms with Gasteiger partial charge in [0.25, 0.3) is 11.2 Å². The third-order valence-electron chi connectivity index (χ3n) is 4.77. The number of non-ortho nitro benzene ring substituents is 1. The predicted molar refractivity (Wildman–Crippen MR) is 106 cm³/mol. The number of hydrogen-bond donors (Lipinski definition) is 1. The van der Waals surface area contributed by atoms with Gasteiger partial charge in [-0.15, -0.1) is 11.3 Å². The molecule has 0 bridgehead atoms. The van der Waals surface area contributed by atoms with E-state index in [-0.39, 0.29) is 11.2 Å². The number of methoxy groups -OCH3 is 1. The number of fused-ring (bicyclic) bond motifs is 1. The van der Waals surface area contributed by atoms with Crippen molar-refractivity contribution >= 4 is 17.0 Å². The number of aromatic nitrogens is 2. The van der Waals surface area contributed by atoms with Crippen LogP contribution in [-0.4, -0.2) is 33.4 Å². The number of nitrogens with zero attached hydrogens (tertiary/aromatic N) is 3. The zero-order valence-corrected chi connectivity index (χ0v) is 16.0. The van der Waals surface area contributed by atoms with Crippen LogP contribution in [0.15, 0.2) is 40.5 Å². The van der Waals surface area contributed by atoms with Crippen LogP contribution in [-0.2, 0) is 19.5 Å². The molecule has 0 aliphatic carbocycles. The molecule has 28 heavy (non-hydrogen) atoms. The second-order valence-electron chi connectivity index (χ2n) is 6.53. The van der Waals surface area contributed by atoms with E-state index in [1.807, 2.05) is 17.5 Å². The minimum Gasteiger partial charge on any atom is -0.496 e. The van der Waals surface area contributed by atoms with Crippen molar-refractivity contribution in [1.29, 1.82) is 0 Å². The molecule has 2 aromatic heterocycles. The topological polar surface area (TPSA) is 101 Å².